The highest BCUT2D eigenvalue weighted by molar-refractivity contribution is 7.97. The molecule has 0 heterocycles. The smallest absolute Gasteiger partial charge is 0.339 e. The summed E-state index contributed by atoms with van der Waals surface area (Å²) >= 11 is 1.63. The fourth-order valence-electron chi connectivity index (χ4n) is 1.26. The Morgan fingerprint density at radius 2 is 2.29 bits per heavy atom. The van der Waals surface area contributed by atoms with Crippen molar-refractivity contribution in [1.82, 2.24) is 0 Å². The van der Waals surface area contributed by atoms with E-state index in [2.05, 4.69) is 0 Å². The second-order valence-corrected chi connectivity index (χ2v) is 3.60. The number of hydrogen-bond donors (Lipinski definition) is 1. The first-order valence-electron chi connectivity index (χ1n) is 4.08. The number of benzene rings is 1. The summed E-state index contributed by atoms with van der Waals surface area (Å²) in [6.07, 6.45) is 1.97. The van der Waals surface area contributed by atoms with Gasteiger partial charge < -0.3 is 9.84 Å². The van der Waals surface area contributed by atoms with Gasteiger partial charge in [0.2, 0.25) is 0 Å². The maximum atomic E-state index is 10.9. The van der Waals surface area contributed by atoms with E-state index < -0.39 is 5.97 Å². The minimum atomic E-state index is -0.954. The molecule has 0 aromatic heterocycles. The lowest BCUT2D eigenvalue weighted by molar-refractivity contribution is 0.0693. The first-order valence-corrected chi connectivity index (χ1v) is 5.48. The molecule has 0 saturated carbocycles. The van der Waals surface area contributed by atoms with Crippen molar-refractivity contribution in [1.29, 1.82) is 0 Å². The predicted octanol–water partition coefficient (Wildman–Crippen LogP) is 2.26. The highest BCUT2D eigenvalue weighted by Gasteiger charge is 2.13. The van der Waals surface area contributed by atoms with E-state index in [1.54, 1.807) is 23.9 Å². The van der Waals surface area contributed by atoms with Gasteiger partial charge in [-0.3, -0.25) is 0 Å². The molecule has 76 valence electrons. The molecule has 0 bridgehead atoms. The van der Waals surface area contributed by atoms with Gasteiger partial charge in [-0.05, 0) is 12.3 Å². The molecule has 0 radical (unpaired) electrons. The number of methoxy groups -OCH3 is 1. The largest absolute Gasteiger partial charge is 0.496 e. The standard InChI is InChI=1S/C10H12O3S/c1-13-9-7(6-14-2)4-3-5-8(9)10(11)12/h3-5H,6H2,1-2H3,(H,11,12). The van der Waals surface area contributed by atoms with E-state index in [9.17, 15) is 4.79 Å². The fourth-order valence-corrected chi connectivity index (χ4v) is 1.80. The van der Waals surface area contributed by atoms with Gasteiger partial charge in [0.1, 0.15) is 11.3 Å². The van der Waals surface area contributed by atoms with E-state index in [1.807, 2.05) is 12.3 Å². The molecule has 1 aromatic carbocycles. The van der Waals surface area contributed by atoms with Crippen LogP contribution < -0.4 is 4.74 Å². The van der Waals surface area contributed by atoms with Crippen molar-refractivity contribution < 1.29 is 14.6 Å². The van der Waals surface area contributed by atoms with E-state index in [0.29, 0.717) is 5.75 Å². The maximum Gasteiger partial charge on any atom is 0.339 e. The van der Waals surface area contributed by atoms with Gasteiger partial charge in [0.25, 0.3) is 0 Å². The molecular formula is C10H12O3S. The zero-order valence-corrected chi connectivity index (χ0v) is 8.93. The molecule has 0 aliphatic heterocycles. The molecule has 0 aliphatic rings. The lowest BCUT2D eigenvalue weighted by Crippen LogP contribution is -2.02. The summed E-state index contributed by atoms with van der Waals surface area (Å²) in [7, 11) is 1.49. The lowest BCUT2D eigenvalue weighted by Gasteiger charge is -2.09. The molecule has 0 unspecified atom stereocenters. The van der Waals surface area contributed by atoms with Crippen molar-refractivity contribution in [3.05, 3.63) is 29.3 Å². The van der Waals surface area contributed by atoms with E-state index >= 15 is 0 Å². The SMILES string of the molecule is COc1c(CSC)cccc1C(=O)O. The van der Waals surface area contributed by atoms with Crippen LogP contribution in [0, 0.1) is 0 Å². The van der Waals surface area contributed by atoms with Crippen LogP contribution in [0.3, 0.4) is 0 Å². The van der Waals surface area contributed by atoms with Crippen molar-refractivity contribution in [3.8, 4) is 5.75 Å². The van der Waals surface area contributed by atoms with Gasteiger partial charge in [-0.1, -0.05) is 12.1 Å². The summed E-state index contributed by atoms with van der Waals surface area (Å²) in [5, 5.41) is 8.90. The topological polar surface area (TPSA) is 46.5 Å². The van der Waals surface area contributed by atoms with Crippen molar-refractivity contribution in [2.24, 2.45) is 0 Å². The summed E-state index contributed by atoms with van der Waals surface area (Å²) in [5.74, 6) is 0.267. The molecule has 0 amide bonds. The summed E-state index contributed by atoms with van der Waals surface area (Å²) in [6, 6.07) is 5.16. The molecule has 0 aliphatic carbocycles. The number of para-hydroxylation sites is 1. The van der Waals surface area contributed by atoms with Crippen LogP contribution in [-0.2, 0) is 5.75 Å². The van der Waals surface area contributed by atoms with Gasteiger partial charge in [-0.25, -0.2) is 4.79 Å². The van der Waals surface area contributed by atoms with Gasteiger partial charge in [0, 0.05) is 11.3 Å². The van der Waals surface area contributed by atoms with E-state index in [1.165, 1.54) is 7.11 Å². The second kappa shape index (κ2) is 4.91. The first-order chi connectivity index (χ1) is 6.70. The molecule has 1 aromatic rings. The Labute approximate surface area is 87.1 Å². The zero-order valence-electron chi connectivity index (χ0n) is 8.11. The Morgan fingerprint density at radius 3 is 2.79 bits per heavy atom. The number of thioether (sulfide) groups is 1. The summed E-state index contributed by atoms with van der Waals surface area (Å²) in [4.78, 5) is 10.9. The van der Waals surface area contributed by atoms with Crippen LogP contribution in [0.5, 0.6) is 5.75 Å². The monoisotopic (exact) mass is 212 g/mol. The third-order valence-corrected chi connectivity index (χ3v) is 2.43. The highest BCUT2D eigenvalue weighted by Crippen LogP contribution is 2.26. The Balaban J connectivity index is 3.17. The molecule has 0 spiro atoms. The molecule has 0 saturated heterocycles. The van der Waals surface area contributed by atoms with E-state index in [0.717, 1.165) is 11.3 Å². The van der Waals surface area contributed by atoms with Gasteiger partial charge in [0.15, 0.2) is 0 Å². The minimum absolute atomic E-state index is 0.221. The molecular weight excluding hydrogens is 200 g/mol. The Bertz CT molecular complexity index is 336. The lowest BCUT2D eigenvalue weighted by atomic mass is 10.1. The second-order valence-electron chi connectivity index (χ2n) is 2.74. The van der Waals surface area contributed by atoms with Crippen LogP contribution in [-0.4, -0.2) is 24.4 Å². The third kappa shape index (κ3) is 2.20. The third-order valence-electron chi connectivity index (χ3n) is 1.83. The first kappa shape index (κ1) is 10.9. The molecule has 0 atom stereocenters. The predicted molar refractivity (Wildman–Crippen MR) is 57.2 cm³/mol. The Kier molecular flexibility index (Phi) is 3.83. The van der Waals surface area contributed by atoms with Crippen molar-refractivity contribution in [2.75, 3.05) is 13.4 Å². The number of carbonyl (C=O) groups is 1. The van der Waals surface area contributed by atoms with Gasteiger partial charge >= 0.3 is 5.97 Å². The number of carboxylic acids is 1. The molecule has 4 heteroatoms. The van der Waals surface area contributed by atoms with Crippen LogP contribution in [0.25, 0.3) is 0 Å². The average Bonchev–Trinajstić information content (AvgIpc) is 2.18. The zero-order chi connectivity index (χ0) is 10.6. The van der Waals surface area contributed by atoms with Crippen molar-refractivity contribution in [3.63, 3.8) is 0 Å². The van der Waals surface area contributed by atoms with Crippen molar-refractivity contribution >= 4 is 17.7 Å². The Hall–Kier alpha value is -1.16. The van der Waals surface area contributed by atoms with Gasteiger partial charge in [-0.15, -0.1) is 0 Å². The van der Waals surface area contributed by atoms with Crippen LogP contribution in [0.4, 0.5) is 0 Å². The minimum Gasteiger partial charge on any atom is -0.496 e. The van der Waals surface area contributed by atoms with E-state index in [4.69, 9.17) is 9.84 Å². The summed E-state index contributed by atoms with van der Waals surface area (Å²) in [5.41, 5.74) is 1.14. The number of rotatable bonds is 4. The highest BCUT2D eigenvalue weighted by atomic mass is 32.2. The van der Waals surface area contributed by atoms with Gasteiger partial charge in [-0.2, -0.15) is 11.8 Å². The molecule has 3 nitrogen and oxygen atoms in total. The molecule has 14 heavy (non-hydrogen) atoms. The van der Waals surface area contributed by atoms with Gasteiger partial charge in [0.05, 0.1) is 7.11 Å². The quantitative estimate of drug-likeness (QED) is 0.831. The number of ether oxygens (including phenoxy) is 1. The fraction of sp³-hybridized carbons (Fsp3) is 0.300. The number of hydrogen-bond acceptors (Lipinski definition) is 3. The molecule has 0 fully saturated rings. The summed E-state index contributed by atoms with van der Waals surface area (Å²) in [6.45, 7) is 0. The van der Waals surface area contributed by atoms with Crippen LogP contribution in [0.15, 0.2) is 18.2 Å². The maximum absolute atomic E-state index is 10.9. The number of carboxylic acid groups (broad SMARTS) is 1. The normalized spacial score (nSPS) is 9.86. The molecule has 1 rings (SSSR count). The van der Waals surface area contributed by atoms with Crippen LogP contribution in [0.1, 0.15) is 15.9 Å². The van der Waals surface area contributed by atoms with Crippen LogP contribution in [0.2, 0.25) is 0 Å². The van der Waals surface area contributed by atoms with Crippen molar-refractivity contribution in [2.45, 2.75) is 5.75 Å². The summed E-state index contributed by atoms with van der Waals surface area (Å²) < 4.78 is 5.10. The van der Waals surface area contributed by atoms with Crippen LogP contribution >= 0.6 is 11.8 Å². The van der Waals surface area contributed by atoms with E-state index in [-0.39, 0.29) is 5.56 Å². The number of aromatic carboxylic acids is 1. The Morgan fingerprint density at radius 1 is 1.57 bits per heavy atom. The molecule has 1 N–H and O–H groups in total. The average molecular weight is 212 g/mol.